The van der Waals surface area contributed by atoms with Crippen LogP contribution in [0.2, 0.25) is 0 Å². The van der Waals surface area contributed by atoms with Gasteiger partial charge in [-0.1, -0.05) is 62.3 Å². The van der Waals surface area contributed by atoms with Crippen LogP contribution in [0.4, 0.5) is 0 Å². The first kappa shape index (κ1) is 16.7. The molecule has 0 aromatic carbocycles. The lowest BCUT2D eigenvalue weighted by Gasteiger charge is -2.43. The molecular formula is C18H37NS. The van der Waals surface area contributed by atoms with Gasteiger partial charge < -0.3 is 5.73 Å². The van der Waals surface area contributed by atoms with Crippen molar-refractivity contribution in [2.24, 2.45) is 23.0 Å². The lowest BCUT2D eigenvalue weighted by atomic mass is 9.70. The van der Waals surface area contributed by atoms with E-state index in [1.165, 1.54) is 12.2 Å². The number of hydrogen-bond donors (Lipinski definition) is 1. The van der Waals surface area contributed by atoms with Crippen molar-refractivity contribution in [2.75, 3.05) is 5.75 Å². The second-order valence-electron chi connectivity index (χ2n) is 9.57. The molecule has 2 fully saturated rings. The predicted molar refractivity (Wildman–Crippen MR) is 94.8 cm³/mol. The van der Waals surface area contributed by atoms with Crippen LogP contribution < -0.4 is 5.73 Å². The molecule has 120 valence electrons. The summed E-state index contributed by atoms with van der Waals surface area (Å²) in [4.78, 5) is 0. The van der Waals surface area contributed by atoms with Gasteiger partial charge >= 0.3 is 0 Å². The Kier molecular flexibility index (Phi) is 3.68. The number of hydrogen-bond acceptors (Lipinski definition) is 1. The summed E-state index contributed by atoms with van der Waals surface area (Å²) in [6, 6.07) is 0.419. The van der Waals surface area contributed by atoms with Gasteiger partial charge in [-0.05, 0) is 34.2 Å². The maximum absolute atomic E-state index is 6.77. The van der Waals surface area contributed by atoms with Gasteiger partial charge in [-0.25, -0.2) is 10.0 Å². The van der Waals surface area contributed by atoms with E-state index in [1.54, 1.807) is 0 Å². The van der Waals surface area contributed by atoms with Gasteiger partial charge in [0.2, 0.25) is 0 Å². The quantitative estimate of drug-likeness (QED) is 0.730. The molecule has 2 N–H and O–H groups in total. The number of fused-ring (bicyclic) bond motifs is 1. The topological polar surface area (TPSA) is 26.0 Å². The molecule has 0 radical (unpaired) electrons. The van der Waals surface area contributed by atoms with Crippen molar-refractivity contribution in [1.29, 1.82) is 0 Å². The molecule has 0 aromatic rings. The van der Waals surface area contributed by atoms with Crippen LogP contribution in [0.5, 0.6) is 0 Å². The second kappa shape index (κ2) is 4.41. The third-order valence-corrected chi connectivity index (χ3v) is 13.4. The monoisotopic (exact) mass is 299 g/mol. The first-order chi connectivity index (χ1) is 8.85. The van der Waals surface area contributed by atoms with E-state index in [9.17, 15) is 0 Å². The molecule has 2 heterocycles. The van der Waals surface area contributed by atoms with Crippen LogP contribution in [0, 0.1) is 17.3 Å². The first-order valence-corrected chi connectivity index (χ1v) is 10.3. The van der Waals surface area contributed by atoms with Crippen LogP contribution in [0.3, 0.4) is 0 Å². The molecule has 2 rings (SSSR count). The molecule has 20 heavy (non-hydrogen) atoms. The van der Waals surface area contributed by atoms with Crippen molar-refractivity contribution < 1.29 is 0 Å². The summed E-state index contributed by atoms with van der Waals surface area (Å²) in [6.45, 7) is 22.1. The Labute approximate surface area is 128 Å². The van der Waals surface area contributed by atoms with Crippen molar-refractivity contribution >= 4 is 10.0 Å². The Balaban J connectivity index is 2.58. The van der Waals surface area contributed by atoms with Crippen LogP contribution in [-0.4, -0.2) is 26.5 Å². The highest BCUT2D eigenvalue weighted by Crippen LogP contribution is 2.96. The number of nitrogens with two attached hydrogens (primary N) is 1. The molecule has 0 bridgehead atoms. The average Bonchev–Trinajstić information content (AvgIpc) is 2.78. The van der Waals surface area contributed by atoms with Gasteiger partial charge in [0, 0.05) is 16.0 Å². The molecule has 2 saturated heterocycles. The molecule has 1 nitrogen and oxygen atoms in total. The minimum absolute atomic E-state index is 0.333. The Morgan fingerprint density at radius 2 is 1.55 bits per heavy atom. The molecule has 0 aliphatic carbocycles. The van der Waals surface area contributed by atoms with E-state index in [0.29, 0.717) is 21.0 Å². The molecule has 0 saturated carbocycles. The molecular weight excluding hydrogens is 262 g/mol. The molecule has 0 spiro atoms. The maximum atomic E-state index is 6.77. The Morgan fingerprint density at radius 1 is 1.05 bits per heavy atom. The van der Waals surface area contributed by atoms with Crippen LogP contribution >= 0.6 is 10.0 Å². The minimum atomic E-state index is -0.632. The summed E-state index contributed by atoms with van der Waals surface area (Å²) < 4.78 is 0.851. The highest BCUT2D eigenvalue weighted by molar-refractivity contribution is 8.42. The Bertz CT molecular complexity index is 389. The van der Waals surface area contributed by atoms with Crippen molar-refractivity contribution in [1.82, 2.24) is 0 Å². The fourth-order valence-electron chi connectivity index (χ4n) is 5.60. The highest BCUT2D eigenvalue weighted by atomic mass is 32.3. The zero-order valence-corrected chi connectivity index (χ0v) is 16.0. The molecule has 2 aliphatic heterocycles. The first-order valence-electron chi connectivity index (χ1n) is 8.40. The molecule has 0 aromatic heterocycles. The minimum Gasteiger partial charge on any atom is -0.326 e. The summed E-state index contributed by atoms with van der Waals surface area (Å²) in [6.07, 6.45) is 1.26. The van der Waals surface area contributed by atoms with Crippen molar-refractivity contribution in [3.8, 4) is 0 Å². The van der Waals surface area contributed by atoms with Crippen LogP contribution in [0.15, 0.2) is 0 Å². The third-order valence-electron chi connectivity index (χ3n) is 6.50. The van der Waals surface area contributed by atoms with Crippen molar-refractivity contribution in [3.63, 3.8) is 0 Å². The smallest absolute Gasteiger partial charge is 0.0318 e. The Morgan fingerprint density at radius 3 is 1.85 bits per heavy atom. The summed E-state index contributed by atoms with van der Waals surface area (Å²) in [5, 5.41) is 0.874. The lowest BCUT2D eigenvalue weighted by Crippen LogP contribution is -2.48. The fourth-order valence-corrected chi connectivity index (χ4v) is 14.0. The van der Waals surface area contributed by atoms with E-state index in [4.69, 9.17) is 5.73 Å². The van der Waals surface area contributed by atoms with Crippen molar-refractivity contribution in [2.45, 2.75) is 89.5 Å². The molecule has 5 atom stereocenters. The number of rotatable bonds is 2. The molecule has 5 unspecified atom stereocenters. The zero-order valence-electron chi connectivity index (χ0n) is 15.2. The summed E-state index contributed by atoms with van der Waals surface area (Å²) in [5.74, 6) is 2.98. The van der Waals surface area contributed by atoms with E-state index in [2.05, 4.69) is 62.3 Å². The van der Waals surface area contributed by atoms with Crippen LogP contribution in [0.25, 0.3) is 0 Å². The second-order valence-corrected chi connectivity index (χ2v) is 14.0. The van der Waals surface area contributed by atoms with E-state index >= 15 is 0 Å². The van der Waals surface area contributed by atoms with Gasteiger partial charge in [-0.15, -0.1) is 0 Å². The summed E-state index contributed by atoms with van der Waals surface area (Å²) >= 11 is 0. The van der Waals surface area contributed by atoms with E-state index < -0.39 is 10.0 Å². The molecule has 2 aliphatic rings. The maximum Gasteiger partial charge on any atom is 0.0318 e. The third kappa shape index (κ3) is 1.67. The van der Waals surface area contributed by atoms with Crippen LogP contribution in [-0.2, 0) is 0 Å². The van der Waals surface area contributed by atoms with Gasteiger partial charge in [0.25, 0.3) is 0 Å². The standard InChI is InChI=1S/C18H37NS/c1-12(2)13(3)15-18(16(4,5)6)14(19)10-11-20(15,18)17(7,8)9/h12-15H,10-11,19H2,1-9H3. The summed E-state index contributed by atoms with van der Waals surface area (Å²) in [7, 11) is -0.632. The van der Waals surface area contributed by atoms with Crippen molar-refractivity contribution in [3.05, 3.63) is 0 Å². The van der Waals surface area contributed by atoms with E-state index in [-0.39, 0.29) is 0 Å². The van der Waals surface area contributed by atoms with Gasteiger partial charge in [0.05, 0.1) is 0 Å². The lowest BCUT2D eigenvalue weighted by molar-refractivity contribution is 0.236. The van der Waals surface area contributed by atoms with Gasteiger partial charge in [-0.3, -0.25) is 0 Å². The molecule has 2 heteroatoms. The van der Waals surface area contributed by atoms with Crippen LogP contribution in [0.1, 0.15) is 68.7 Å². The van der Waals surface area contributed by atoms with E-state index in [1.807, 2.05) is 0 Å². The largest absolute Gasteiger partial charge is 0.326 e. The van der Waals surface area contributed by atoms with Gasteiger partial charge in [0.15, 0.2) is 0 Å². The normalized spacial score (nSPS) is 46.0. The Hall–Kier alpha value is 0.310. The van der Waals surface area contributed by atoms with Gasteiger partial charge in [0.1, 0.15) is 0 Å². The highest BCUT2D eigenvalue weighted by Gasteiger charge is 2.84. The van der Waals surface area contributed by atoms with E-state index in [0.717, 1.165) is 17.1 Å². The molecule has 0 amide bonds. The summed E-state index contributed by atoms with van der Waals surface area (Å²) in [5.41, 5.74) is 7.10. The SMILES string of the molecule is CC(C)C(C)C1C2(C(C)(C)C)C(N)CCS12C(C)(C)C. The zero-order chi connectivity index (χ0) is 15.7. The van der Waals surface area contributed by atoms with Gasteiger partial charge in [-0.2, -0.15) is 0 Å². The average molecular weight is 300 g/mol. The fraction of sp³-hybridized carbons (Fsp3) is 1.00. The predicted octanol–water partition coefficient (Wildman–Crippen LogP) is 4.78.